The van der Waals surface area contributed by atoms with Crippen molar-refractivity contribution in [2.75, 3.05) is 6.61 Å². The fourth-order valence-corrected chi connectivity index (χ4v) is 5.84. The molecule has 0 aliphatic carbocycles. The summed E-state index contributed by atoms with van der Waals surface area (Å²) in [4.78, 5) is 41.6. The Hall–Kier alpha value is -3.76. The summed E-state index contributed by atoms with van der Waals surface area (Å²) >= 11 is 2.62. The molecule has 190 valence electrons. The highest BCUT2D eigenvalue weighted by Gasteiger charge is 2.23. The molecule has 8 nitrogen and oxygen atoms in total. The van der Waals surface area contributed by atoms with E-state index in [-0.39, 0.29) is 17.0 Å². The van der Waals surface area contributed by atoms with E-state index in [0.29, 0.717) is 14.8 Å². The third-order valence-corrected chi connectivity index (χ3v) is 8.14. The van der Waals surface area contributed by atoms with Gasteiger partial charge in [0, 0.05) is 50.7 Å². The molecule has 0 saturated carbocycles. The van der Waals surface area contributed by atoms with Crippen LogP contribution in [0.4, 0.5) is 5.69 Å². The normalized spacial score (nSPS) is 10.9. The van der Waals surface area contributed by atoms with E-state index in [2.05, 4.69) is 11.1 Å². The van der Waals surface area contributed by atoms with E-state index in [1.807, 2.05) is 56.7 Å². The maximum atomic E-state index is 13.1. The van der Waals surface area contributed by atoms with Crippen LogP contribution in [0.2, 0.25) is 0 Å². The average molecular weight is 536 g/mol. The van der Waals surface area contributed by atoms with Crippen LogP contribution in [-0.2, 0) is 4.74 Å². The number of thiazole rings is 1. The molecule has 0 aliphatic heterocycles. The number of aromatic nitrogens is 2. The summed E-state index contributed by atoms with van der Waals surface area (Å²) in [5, 5.41) is 13.2. The number of hydrogen-bond donors (Lipinski definition) is 0. The molecule has 37 heavy (non-hydrogen) atoms. The molecule has 0 amide bonds. The highest BCUT2D eigenvalue weighted by molar-refractivity contribution is 8.01. The fourth-order valence-electron chi connectivity index (χ4n) is 3.95. The predicted octanol–water partition coefficient (Wildman–Crippen LogP) is 6.58. The lowest BCUT2D eigenvalue weighted by molar-refractivity contribution is -0.384. The molecule has 0 radical (unpaired) electrons. The largest absolute Gasteiger partial charge is 0.454 e. The van der Waals surface area contributed by atoms with E-state index in [0.717, 1.165) is 28.3 Å². The first-order valence-corrected chi connectivity index (χ1v) is 13.1. The third kappa shape index (κ3) is 5.65. The molecule has 0 spiro atoms. The SMILES string of the molecule is Cc1csc(Sc2ccc([N+](=O)[O-])cc2C(=O)OCC(=O)c2cc(C)n(-c3ccc(C)c(C)c3)c2C)n1. The van der Waals surface area contributed by atoms with Gasteiger partial charge in [0.05, 0.1) is 10.5 Å². The van der Waals surface area contributed by atoms with Crippen LogP contribution in [-0.4, -0.2) is 32.8 Å². The van der Waals surface area contributed by atoms with Crippen LogP contribution < -0.4 is 0 Å². The number of nitro benzene ring substituents is 1. The number of nitrogens with zero attached hydrogens (tertiary/aromatic N) is 3. The number of Topliss-reactive ketones (excluding diaryl/α,β-unsaturated/α-hetero) is 1. The van der Waals surface area contributed by atoms with E-state index >= 15 is 0 Å². The van der Waals surface area contributed by atoms with Crippen LogP contribution in [0.3, 0.4) is 0 Å². The van der Waals surface area contributed by atoms with Gasteiger partial charge >= 0.3 is 5.97 Å². The van der Waals surface area contributed by atoms with Gasteiger partial charge in [-0.25, -0.2) is 9.78 Å². The maximum absolute atomic E-state index is 13.1. The number of rotatable bonds is 8. The van der Waals surface area contributed by atoms with Crippen molar-refractivity contribution in [3.05, 3.63) is 97.3 Å². The molecule has 2 heterocycles. The minimum Gasteiger partial charge on any atom is -0.454 e. The second-order valence-electron chi connectivity index (χ2n) is 8.68. The lowest BCUT2D eigenvalue weighted by atomic mass is 10.1. The predicted molar refractivity (Wildman–Crippen MR) is 143 cm³/mol. The topological polar surface area (TPSA) is 104 Å². The molecule has 0 N–H and O–H groups in total. The highest BCUT2D eigenvalue weighted by atomic mass is 32.2. The Morgan fingerprint density at radius 1 is 1.03 bits per heavy atom. The number of benzene rings is 2. The monoisotopic (exact) mass is 535 g/mol. The molecular formula is C27H25N3O5S2. The standard InChI is InChI=1S/C27H25N3O5S2/c1-15-6-7-20(10-16(15)2)29-18(4)11-22(19(29)5)24(31)13-35-26(32)23-12-21(30(33)34)8-9-25(23)37-27-28-17(3)14-36-27/h6-12,14H,13H2,1-5H3. The van der Waals surface area contributed by atoms with E-state index in [9.17, 15) is 19.7 Å². The molecule has 0 fully saturated rings. The molecule has 2 aromatic heterocycles. The number of esters is 1. The van der Waals surface area contributed by atoms with E-state index < -0.39 is 17.5 Å². The Kier molecular flexibility index (Phi) is 7.60. The first kappa shape index (κ1) is 26.3. The molecule has 0 saturated heterocycles. The van der Waals surface area contributed by atoms with E-state index in [1.165, 1.54) is 46.9 Å². The summed E-state index contributed by atoms with van der Waals surface area (Å²) in [7, 11) is 0. The lowest BCUT2D eigenvalue weighted by Gasteiger charge is -2.12. The van der Waals surface area contributed by atoms with Crippen molar-refractivity contribution in [2.24, 2.45) is 0 Å². The molecule has 0 unspecified atom stereocenters. The van der Waals surface area contributed by atoms with Crippen LogP contribution >= 0.6 is 23.1 Å². The maximum Gasteiger partial charge on any atom is 0.339 e. The first-order valence-electron chi connectivity index (χ1n) is 11.4. The van der Waals surface area contributed by atoms with Crippen LogP contribution in [0.25, 0.3) is 5.69 Å². The van der Waals surface area contributed by atoms with Crippen LogP contribution in [0, 0.1) is 44.7 Å². The number of nitro groups is 1. The smallest absolute Gasteiger partial charge is 0.339 e. The van der Waals surface area contributed by atoms with Gasteiger partial charge in [0.2, 0.25) is 5.78 Å². The van der Waals surface area contributed by atoms with Gasteiger partial charge in [-0.15, -0.1) is 11.3 Å². The summed E-state index contributed by atoms with van der Waals surface area (Å²) in [5.41, 5.74) is 5.96. The summed E-state index contributed by atoms with van der Waals surface area (Å²) in [6, 6.07) is 11.9. The van der Waals surface area contributed by atoms with Gasteiger partial charge in [-0.3, -0.25) is 14.9 Å². The number of non-ortho nitro benzene ring substituents is 1. The number of carbonyl (C=O) groups excluding carboxylic acids is 2. The highest BCUT2D eigenvalue weighted by Crippen LogP contribution is 2.35. The van der Waals surface area contributed by atoms with Gasteiger partial charge < -0.3 is 9.30 Å². The number of carbonyl (C=O) groups is 2. The van der Waals surface area contributed by atoms with E-state index in [4.69, 9.17) is 4.74 Å². The molecule has 0 bridgehead atoms. The van der Waals surface area contributed by atoms with Gasteiger partial charge in [-0.05, 0) is 70.0 Å². The quantitative estimate of drug-likeness (QED) is 0.109. The van der Waals surface area contributed by atoms with Crippen LogP contribution in [0.15, 0.2) is 57.1 Å². The molecule has 4 aromatic rings. The number of hydrogen-bond acceptors (Lipinski definition) is 8. The van der Waals surface area contributed by atoms with Crippen molar-refractivity contribution in [3.8, 4) is 5.69 Å². The second-order valence-corrected chi connectivity index (χ2v) is 10.8. The van der Waals surface area contributed by atoms with Crippen molar-refractivity contribution in [1.82, 2.24) is 9.55 Å². The summed E-state index contributed by atoms with van der Waals surface area (Å²) < 4.78 is 8.04. The zero-order chi connectivity index (χ0) is 26.9. The Labute approximate surface area is 222 Å². The summed E-state index contributed by atoms with van der Waals surface area (Å²) in [6.07, 6.45) is 0. The van der Waals surface area contributed by atoms with Gasteiger partial charge in [0.1, 0.15) is 0 Å². The average Bonchev–Trinajstić information content (AvgIpc) is 3.40. The van der Waals surface area contributed by atoms with Gasteiger partial charge in [-0.2, -0.15) is 0 Å². The molecule has 4 rings (SSSR count). The molecule has 10 heteroatoms. The van der Waals surface area contributed by atoms with Crippen molar-refractivity contribution in [1.29, 1.82) is 0 Å². The summed E-state index contributed by atoms with van der Waals surface area (Å²) in [6.45, 7) is 9.21. The fraction of sp³-hybridized carbons (Fsp3) is 0.222. The third-order valence-electron chi connectivity index (χ3n) is 6.00. The zero-order valence-electron chi connectivity index (χ0n) is 21.0. The number of ketones is 1. The first-order chi connectivity index (χ1) is 17.5. The van der Waals surface area contributed by atoms with Crippen molar-refractivity contribution < 1.29 is 19.2 Å². The Morgan fingerprint density at radius 3 is 2.43 bits per heavy atom. The minimum atomic E-state index is -0.809. The van der Waals surface area contributed by atoms with Gasteiger partial charge in [-0.1, -0.05) is 17.8 Å². The van der Waals surface area contributed by atoms with Crippen LogP contribution in [0.5, 0.6) is 0 Å². The minimum absolute atomic E-state index is 0.0143. The zero-order valence-corrected chi connectivity index (χ0v) is 22.7. The van der Waals surface area contributed by atoms with E-state index in [1.54, 1.807) is 6.07 Å². The van der Waals surface area contributed by atoms with Crippen molar-refractivity contribution in [3.63, 3.8) is 0 Å². The molecule has 0 atom stereocenters. The Morgan fingerprint density at radius 2 is 1.78 bits per heavy atom. The Bertz CT molecular complexity index is 1540. The second kappa shape index (κ2) is 10.7. The van der Waals surface area contributed by atoms with Crippen molar-refractivity contribution in [2.45, 2.75) is 43.9 Å². The van der Waals surface area contributed by atoms with Crippen LogP contribution in [0.1, 0.15) is 48.9 Å². The summed E-state index contributed by atoms with van der Waals surface area (Å²) in [5.74, 6) is -1.16. The lowest BCUT2D eigenvalue weighted by Crippen LogP contribution is -2.16. The Balaban J connectivity index is 1.55. The molecule has 0 aliphatic rings. The number of ether oxygens (including phenoxy) is 1. The van der Waals surface area contributed by atoms with Gasteiger partial charge in [0.25, 0.3) is 5.69 Å². The number of aryl methyl sites for hydroxylation is 4. The van der Waals surface area contributed by atoms with Crippen molar-refractivity contribution >= 4 is 40.5 Å². The molecule has 2 aromatic carbocycles. The molecular weight excluding hydrogens is 510 g/mol. The van der Waals surface area contributed by atoms with Gasteiger partial charge in [0.15, 0.2) is 10.9 Å².